The molecule has 5 nitrogen and oxygen atoms in total. The summed E-state index contributed by atoms with van der Waals surface area (Å²) in [6.45, 7) is 0. The number of hydrazone groups is 1. The van der Waals surface area contributed by atoms with Crippen molar-refractivity contribution in [2.45, 2.75) is 12.5 Å². The number of halogens is 3. The first kappa shape index (κ1) is 20.5. The van der Waals surface area contributed by atoms with Gasteiger partial charge in [-0.1, -0.05) is 65.1 Å². The molecule has 8 heteroatoms. The third-order valence-electron chi connectivity index (χ3n) is 4.63. The largest absolute Gasteiger partial charge is 0.377 e. The van der Waals surface area contributed by atoms with Gasteiger partial charge in [0, 0.05) is 38.4 Å². The Morgan fingerprint density at radius 1 is 0.933 bits per heavy atom. The van der Waals surface area contributed by atoms with Crippen molar-refractivity contribution in [3.8, 4) is 0 Å². The highest BCUT2D eigenvalue weighted by atomic mass is 35.5. The van der Waals surface area contributed by atoms with Crippen LogP contribution in [0.15, 0.2) is 71.8 Å². The molecule has 0 bridgehead atoms. The van der Waals surface area contributed by atoms with Crippen molar-refractivity contribution in [2.75, 3.05) is 10.6 Å². The van der Waals surface area contributed by atoms with Crippen LogP contribution < -0.4 is 16.1 Å². The summed E-state index contributed by atoms with van der Waals surface area (Å²) in [5, 5.41) is 12.0. The fourth-order valence-electron chi connectivity index (χ4n) is 3.32. The molecular weight excluding hydrogens is 443 g/mol. The Morgan fingerprint density at radius 2 is 1.67 bits per heavy atom. The lowest BCUT2D eigenvalue weighted by Crippen LogP contribution is -2.29. The van der Waals surface area contributed by atoms with Crippen LogP contribution in [0.25, 0.3) is 0 Å². The highest BCUT2D eigenvalue weighted by Crippen LogP contribution is 2.34. The first-order valence-electron chi connectivity index (χ1n) is 9.19. The Labute approximate surface area is 189 Å². The van der Waals surface area contributed by atoms with E-state index >= 15 is 0 Å². The van der Waals surface area contributed by atoms with Gasteiger partial charge < -0.3 is 10.6 Å². The van der Waals surface area contributed by atoms with E-state index in [2.05, 4.69) is 33.3 Å². The molecule has 3 aromatic rings. The zero-order valence-corrected chi connectivity index (χ0v) is 17.9. The van der Waals surface area contributed by atoms with Crippen LogP contribution >= 0.6 is 34.8 Å². The van der Waals surface area contributed by atoms with Gasteiger partial charge in [0.15, 0.2) is 0 Å². The molecule has 0 saturated carbocycles. The first-order chi connectivity index (χ1) is 14.5. The van der Waals surface area contributed by atoms with E-state index in [1.807, 2.05) is 36.4 Å². The van der Waals surface area contributed by atoms with Crippen LogP contribution in [-0.2, 0) is 0 Å². The van der Waals surface area contributed by atoms with E-state index in [4.69, 9.17) is 34.8 Å². The topological polar surface area (TPSA) is 65.5 Å². The Bertz CT molecular complexity index is 1100. The predicted octanol–water partition coefficient (Wildman–Crippen LogP) is 6.73. The normalized spacial score (nSPS) is 16.5. The summed E-state index contributed by atoms with van der Waals surface area (Å²) in [5.41, 5.74) is 6.63. The fourth-order valence-corrected chi connectivity index (χ4v) is 4.02. The highest BCUT2D eigenvalue weighted by Gasteiger charge is 2.24. The number of rotatable bonds is 3. The second kappa shape index (κ2) is 8.96. The molecule has 0 saturated heterocycles. The van der Waals surface area contributed by atoms with E-state index in [9.17, 15) is 4.79 Å². The third-order valence-corrected chi connectivity index (χ3v) is 5.31. The van der Waals surface area contributed by atoms with Crippen LogP contribution in [-0.4, -0.2) is 11.7 Å². The van der Waals surface area contributed by atoms with Gasteiger partial charge in [0.2, 0.25) is 0 Å². The summed E-state index contributed by atoms with van der Waals surface area (Å²) in [5.74, 6) is 0. The molecule has 30 heavy (non-hydrogen) atoms. The summed E-state index contributed by atoms with van der Waals surface area (Å²) in [7, 11) is 0. The molecule has 0 fully saturated rings. The summed E-state index contributed by atoms with van der Waals surface area (Å²) < 4.78 is 0. The molecule has 1 aliphatic heterocycles. The minimum absolute atomic E-state index is 0.0234. The maximum atomic E-state index is 12.4. The minimum Gasteiger partial charge on any atom is -0.377 e. The molecule has 0 aliphatic carbocycles. The number of urea groups is 1. The van der Waals surface area contributed by atoms with Crippen molar-refractivity contribution in [1.29, 1.82) is 0 Å². The maximum Gasteiger partial charge on any atom is 0.339 e. The van der Waals surface area contributed by atoms with E-state index in [-0.39, 0.29) is 6.04 Å². The van der Waals surface area contributed by atoms with Gasteiger partial charge in [0.1, 0.15) is 0 Å². The molecular formula is C22H17Cl3N4O. The summed E-state index contributed by atoms with van der Waals surface area (Å²) in [6.07, 6.45) is 0.584. The number of carbonyl (C=O) groups is 1. The molecule has 1 atom stereocenters. The van der Waals surface area contributed by atoms with Crippen LogP contribution in [0.3, 0.4) is 0 Å². The Balaban J connectivity index is 1.57. The molecule has 152 valence electrons. The molecule has 3 aromatic carbocycles. The van der Waals surface area contributed by atoms with Crippen molar-refractivity contribution in [3.63, 3.8) is 0 Å². The molecule has 0 spiro atoms. The zero-order valence-electron chi connectivity index (χ0n) is 15.6. The lowest BCUT2D eigenvalue weighted by Gasteiger charge is -2.28. The van der Waals surface area contributed by atoms with E-state index < -0.39 is 6.03 Å². The Morgan fingerprint density at radius 3 is 2.40 bits per heavy atom. The quantitative estimate of drug-likeness (QED) is 0.380. The number of hydrogen-bond acceptors (Lipinski definition) is 3. The van der Waals surface area contributed by atoms with E-state index in [1.165, 1.54) is 0 Å². The monoisotopic (exact) mass is 458 g/mol. The molecule has 2 amide bonds. The summed E-state index contributed by atoms with van der Waals surface area (Å²) in [6, 6.07) is 20.0. The van der Waals surface area contributed by atoms with Crippen molar-refractivity contribution >= 4 is 57.9 Å². The third kappa shape index (κ3) is 4.87. The van der Waals surface area contributed by atoms with Gasteiger partial charge >= 0.3 is 6.03 Å². The average Bonchev–Trinajstić information content (AvgIpc) is 2.72. The SMILES string of the molecule is O=C(NN=C1CC(c2ccccc2)Nc2ccc(Cl)cc21)Nc1cc(Cl)cc(Cl)c1. The molecule has 0 aromatic heterocycles. The number of carbonyl (C=O) groups excluding carboxylic acids is 1. The molecule has 1 aliphatic rings. The maximum absolute atomic E-state index is 12.4. The standard InChI is InChI=1S/C22H17Cl3N4O/c23-14-6-7-19-18(11-14)21(12-20(27-19)13-4-2-1-3-5-13)28-29-22(30)26-17-9-15(24)8-16(25)10-17/h1-11,20,27H,12H2,(H2,26,29,30). The molecule has 1 heterocycles. The number of hydrogen-bond donors (Lipinski definition) is 3. The van der Waals surface area contributed by atoms with Gasteiger partial charge in [-0.25, -0.2) is 10.2 Å². The number of benzene rings is 3. The van der Waals surface area contributed by atoms with Crippen molar-refractivity contribution in [2.24, 2.45) is 5.10 Å². The summed E-state index contributed by atoms with van der Waals surface area (Å²) in [4.78, 5) is 12.4. The smallest absolute Gasteiger partial charge is 0.339 e. The summed E-state index contributed by atoms with van der Waals surface area (Å²) >= 11 is 18.1. The number of anilines is 2. The number of nitrogens with one attached hydrogen (secondary N) is 3. The van der Waals surface area contributed by atoms with Crippen molar-refractivity contribution < 1.29 is 4.79 Å². The van der Waals surface area contributed by atoms with Gasteiger partial charge in [0.05, 0.1) is 11.8 Å². The minimum atomic E-state index is -0.501. The second-order valence-electron chi connectivity index (χ2n) is 6.78. The molecule has 4 rings (SSSR count). The van der Waals surface area contributed by atoms with Crippen LogP contribution in [0.4, 0.5) is 16.2 Å². The van der Waals surface area contributed by atoms with E-state index in [1.54, 1.807) is 18.2 Å². The number of amides is 2. The lowest BCUT2D eigenvalue weighted by molar-refractivity contribution is 0.252. The molecule has 0 radical (unpaired) electrons. The lowest BCUT2D eigenvalue weighted by atomic mass is 9.92. The van der Waals surface area contributed by atoms with Gasteiger partial charge in [-0.15, -0.1) is 0 Å². The predicted molar refractivity (Wildman–Crippen MR) is 124 cm³/mol. The second-order valence-corrected chi connectivity index (χ2v) is 8.09. The Hall–Kier alpha value is -2.73. The van der Waals surface area contributed by atoms with Crippen molar-refractivity contribution in [1.82, 2.24) is 5.43 Å². The number of nitrogens with zero attached hydrogens (tertiary/aromatic N) is 1. The van der Waals surface area contributed by atoms with Crippen LogP contribution in [0.1, 0.15) is 23.6 Å². The molecule has 1 unspecified atom stereocenters. The van der Waals surface area contributed by atoms with Gasteiger partial charge in [0.25, 0.3) is 0 Å². The highest BCUT2D eigenvalue weighted by molar-refractivity contribution is 6.35. The van der Waals surface area contributed by atoms with E-state index in [0.29, 0.717) is 27.2 Å². The van der Waals surface area contributed by atoms with Crippen LogP contribution in [0.2, 0.25) is 15.1 Å². The fraction of sp³-hybridized carbons (Fsp3) is 0.0909. The molecule has 3 N–H and O–H groups in total. The number of fused-ring (bicyclic) bond motifs is 1. The average molecular weight is 460 g/mol. The van der Waals surface area contributed by atoms with Gasteiger partial charge in [-0.3, -0.25) is 0 Å². The van der Waals surface area contributed by atoms with Gasteiger partial charge in [-0.2, -0.15) is 5.10 Å². The van der Waals surface area contributed by atoms with E-state index in [0.717, 1.165) is 22.5 Å². The zero-order chi connectivity index (χ0) is 21.1. The van der Waals surface area contributed by atoms with Gasteiger partial charge in [-0.05, 0) is 42.0 Å². The van der Waals surface area contributed by atoms with Crippen molar-refractivity contribution in [3.05, 3.63) is 92.9 Å². The van der Waals surface area contributed by atoms with Crippen LogP contribution in [0, 0.1) is 0 Å². The first-order valence-corrected chi connectivity index (χ1v) is 10.3. The van der Waals surface area contributed by atoms with Crippen LogP contribution in [0.5, 0.6) is 0 Å². The Kier molecular flexibility index (Phi) is 6.13.